The van der Waals surface area contributed by atoms with Crippen LogP contribution in [0.3, 0.4) is 0 Å². The van der Waals surface area contributed by atoms with Crippen LogP contribution in [-0.2, 0) is 26.8 Å². The maximum absolute atomic E-state index is 13.8. The number of hydrogen-bond acceptors (Lipinski definition) is 9. The molecule has 3 aromatic rings. The van der Waals surface area contributed by atoms with Gasteiger partial charge in [0.2, 0.25) is 0 Å². The molecule has 0 fully saturated rings. The van der Waals surface area contributed by atoms with E-state index in [1.54, 1.807) is 32.9 Å². The topological polar surface area (TPSA) is 155 Å². The normalized spacial score (nSPS) is 20.9. The van der Waals surface area contributed by atoms with Crippen LogP contribution in [0.25, 0.3) is 11.3 Å². The summed E-state index contributed by atoms with van der Waals surface area (Å²) in [6, 6.07) is 12.6. The van der Waals surface area contributed by atoms with Crippen LogP contribution in [0.2, 0.25) is 0 Å². The van der Waals surface area contributed by atoms with Crippen molar-refractivity contribution in [2.24, 2.45) is 0 Å². The maximum atomic E-state index is 13.8. The van der Waals surface area contributed by atoms with Crippen LogP contribution >= 0.6 is 28.3 Å². The molecule has 3 unspecified atom stereocenters. The number of amides is 2. The van der Waals surface area contributed by atoms with Crippen LogP contribution in [-0.4, -0.2) is 61.5 Å². The molecule has 2 amide bonds. The third-order valence-corrected chi connectivity index (χ3v) is 14.0. The summed E-state index contributed by atoms with van der Waals surface area (Å²) in [5.74, 6) is -0.190. The molecule has 3 atom stereocenters. The van der Waals surface area contributed by atoms with Crippen molar-refractivity contribution in [3.63, 3.8) is 0 Å². The second kappa shape index (κ2) is 16.2. The van der Waals surface area contributed by atoms with Gasteiger partial charge in [-0.15, -0.1) is 0 Å². The Labute approximate surface area is 300 Å². The van der Waals surface area contributed by atoms with E-state index in [4.69, 9.17) is 19.9 Å². The molecule has 48 heavy (non-hydrogen) atoms. The molecule has 3 heterocycles. The largest absolute Gasteiger partial charge is 0.491 e. The molecule has 2 aliphatic heterocycles. The van der Waals surface area contributed by atoms with Gasteiger partial charge in [-0.2, -0.15) is 0 Å². The summed E-state index contributed by atoms with van der Waals surface area (Å²) in [5.41, 5.74) is 7.61. The van der Waals surface area contributed by atoms with Gasteiger partial charge in [0.15, 0.2) is 11.5 Å². The quantitative estimate of drug-likeness (QED) is 0.183. The summed E-state index contributed by atoms with van der Waals surface area (Å²) in [5, 5.41) is 5.51. The molecule has 2 aliphatic rings. The first-order chi connectivity index (χ1) is 22.6. The van der Waals surface area contributed by atoms with Gasteiger partial charge in [0.25, 0.3) is 5.91 Å². The number of ether oxygens (including phenoxy) is 3. The molecule has 0 saturated carbocycles. The molecule has 5 rings (SSSR count). The Morgan fingerprint density at radius 1 is 1.15 bits per heavy atom. The molecule has 4 N–H and O–H groups in total. The number of nitrogen functional groups attached to an aromatic ring is 1. The first-order valence-electron chi connectivity index (χ1n) is 15.7. The number of carbonyl (C=O) groups excluding carboxylic acids is 2. The number of nitrogens with two attached hydrogens (primary N) is 1. The molecule has 1 aromatic heterocycles. The van der Waals surface area contributed by atoms with E-state index in [1.165, 1.54) is 6.20 Å². The lowest BCUT2D eigenvalue weighted by Crippen LogP contribution is -2.38. The van der Waals surface area contributed by atoms with Gasteiger partial charge in [-0.05, 0) is 78.3 Å². The second-order valence-corrected chi connectivity index (χ2v) is 18.7. The number of rotatable bonds is 3. The van der Waals surface area contributed by atoms with Crippen molar-refractivity contribution in [2.75, 3.05) is 30.9 Å². The van der Waals surface area contributed by atoms with Crippen molar-refractivity contribution in [1.29, 1.82) is 0 Å². The van der Waals surface area contributed by atoms with E-state index in [0.29, 0.717) is 65.6 Å². The summed E-state index contributed by atoms with van der Waals surface area (Å²) in [6.45, 7) is 13.2. The Hall–Kier alpha value is -2.87. The van der Waals surface area contributed by atoms with Crippen molar-refractivity contribution in [2.45, 2.75) is 87.7 Å². The molecule has 0 radical (unpaired) electrons. The van der Waals surface area contributed by atoms with Gasteiger partial charge >= 0.3 is 6.09 Å². The minimum atomic E-state index is -1.28. The number of aromatic nitrogens is 2. The fourth-order valence-corrected chi connectivity index (χ4v) is 8.63. The van der Waals surface area contributed by atoms with Crippen molar-refractivity contribution in [3.05, 3.63) is 59.9 Å². The highest BCUT2D eigenvalue weighted by atomic mass is 127. The Morgan fingerprint density at radius 3 is 2.54 bits per heavy atom. The van der Waals surface area contributed by atoms with Crippen molar-refractivity contribution < 1.29 is 28.0 Å². The van der Waals surface area contributed by atoms with Crippen molar-refractivity contribution >= 4 is 62.6 Å². The fraction of sp³-hybridized carbons (Fsp3) is 0.471. The predicted molar refractivity (Wildman–Crippen MR) is 201 cm³/mol. The Morgan fingerprint density at radius 2 is 1.85 bits per heavy atom. The second-order valence-electron chi connectivity index (χ2n) is 13.6. The van der Waals surface area contributed by atoms with Gasteiger partial charge in [-0.1, -0.05) is 53.2 Å². The summed E-state index contributed by atoms with van der Waals surface area (Å²) in [6.07, 6.45) is 3.68. The number of nitrogens with one attached hydrogen (secondary N) is 2. The van der Waals surface area contributed by atoms with Crippen molar-refractivity contribution in [3.8, 4) is 17.0 Å². The number of fused-ring (bicyclic) bond motifs is 13. The number of hydrogen-bond donors (Lipinski definition) is 3. The highest BCUT2D eigenvalue weighted by molar-refractivity contribution is 14.2. The standard InChI is InChI=1S/C34H45IN5O6PS/c1-32(2,3)46-31(42)38-18-23-10-9-11-25-28(23)45-17-8-7-16-44-21-34(6,47-35)20-33(4,5)48(43)24-14-12-22(13-15-24)26-19-37-29(36)27(39-26)30(41)40-25/h9-15,19,47H,7-8,16-18,20-21H2,1-6H3,(H2,36,37)(H,38,42)(H,40,41). The summed E-state index contributed by atoms with van der Waals surface area (Å²) >= 11 is 2.41. The zero-order valence-electron chi connectivity index (χ0n) is 28.3. The number of alkyl carbamates (subject to hydrolysis) is 1. The van der Waals surface area contributed by atoms with Crippen LogP contribution in [0.15, 0.2) is 53.6 Å². The Bertz CT molecular complexity index is 1640. The molecule has 11 nitrogen and oxygen atoms in total. The third-order valence-electron chi connectivity index (χ3n) is 7.44. The van der Waals surface area contributed by atoms with E-state index in [2.05, 4.69) is 49.6 Å². The first kappa shape index (κ1) is 37.9. The van der Waals surface area contributed by atoms with Crippen LogP contribution in [0.4, 0.5) is 16.3 Å². The van der Waals surface area contributed by atoms with Gasteiger partial charge in [0.05, 0.1) is 41.6 Å². The minimum absolute atomic E-state index is 0.0329. The first-order valence-corrected chi connectivity index (χ1v) is 21.0. The van der Waals surface area contributed by atoms with Gasteiger partial charge in [-0.3, -0.25) is 9.00 Å². The van der Waals surface area contributed by atoms with E-state index in [-0.39, 0.29) is 23.2 Å². The van der Waals surface area contributed by atoms with E-state index < -0.39 is 33.1 Å². The van der Waals surface area contributed by atoms with Gasteiger partial charge in [0, 0.05) is 39.1 Å². The summed E-state index contributed by atoms with van der Waals surface area (Å²) < 4.78 is 31.1. The summed E-state index contributed by atoms with van der Waals surface area (Å²) in [7, 11) is -1.28. The van der Waals surface area contributed by atoms with E-state index in [9.17, 15) is 13.8 Å². The zero-order valence-corrected chi connectivity index (χ0v) is 32.3. The lowest BCUT2D eigenvalue weighted by molar-refractivity contribution is 0.0523. The highest BCUT2D eigenvalue weighted by Crippen LogP contribution is 2.46. The Kier molecular flexibility index (Phi) is 12.8. The predicted octanol–water partition coefficient (Wildman–Crippen LogP) is 7.26. The molecule has 4 bridgehead atoms. The average molecular weight is 810 g/mol. The van der Waals surface area contributed by atoms with Crippen LogP contribution in [0.5, 0.6) is 5.75 Å². The van der Waals surface area contributed by atoms with Gasteiger partial charge < -0.3 is 30.6 Å². The van der Waals surface area contributed by atoms with E-state index in [1.807, 2.05) is 44.2 Å². The number of para-hydroxylation sites is 1. The fourth-order valence-electron chi connectivity index (χ4n) is 5.32. The zero-order chi connectivity index (χ0) is 35.1. The molecule has 14 heteroatoms. The third kappa shape index (κ3) is 10.3. The number of nitrogens with zero attached hydrogens (tertiary/aromatic N) is 2. The lowest BCUT2D eigenvalue weighted by Gasteiger charge is -2.35. The SMILES string of the molecule is CC(C)(C)OC(=O)NCc1cccc2c1OCCCCOCC(C)(PI)CC(C)(C)S(=O)c1ccc(cc1)-c1cnc(N)c(n1)C(=O)N2. The van der Waals surface area contributed by atoms with Crippen LogP contribution in [0.1, 0.15) is 76.9 Å². The average Bonchev–Trinajstić information content (AvgIpc) is 3.02. The molecular weight excluding hydrogens is 764 g/mol. The van der Waals surface area contributed by atoms with Gasteiger partial charge in [-0.25, -0.2) is 14.8 Å². The number of benzene rings is 2. The molecule has 0 spiro atoms. The van der Waals surface area contributed by atoms with Crippen molar-refractivity contribution in [1.82, 2.24) is 15.3 Å². The van der Waals surface area contributed by atoms with E-state index in [0.717, 1.165) is 12.8 Å². The van der Waals surface area contributed by atoms with Gasteiger partial charge in [0.1, 0.15) is 11.4 Å². The van der Waals surface area contributed by atoms with Crippen LogP contribution in [0, 0.1) is 0 Å². The summed E-state index contributed by atoms with van der Waals surface area (Å²) in [4.78, 5) is 35.5. The smallest absolute Gasteiger partial charge is 0.407 e. The molecule has 2 aromatic carbocycles. The highest BCUT2D eigenvalue weighted by Gasteiger charge is 2.37. The monoisotopic (exact) mass is 809 g/mol. The Balaban J connectivity index is 1.68. The molecule has 0 saturated heterocycles. The van der Waals surface area contributed by atoms with E-state index >= 15 is 0 Å². The molecular formula is C34H45IN5O6PS. The number of carbonyl (C=O) groups is 2. The van der Waals surface area contributed by atoms with Crippen LogP contribution < -0.4 is 21.1 Å². The molecule has 260 valence electrons. The lowest BCUT2D eigenvalue weighted by atomic mass is 9.98. The maximum Gasteiger partial charge on any atom is 0.407 e. The molecule has 0 aliphatic carbocycles. The minimum Gasteiger partial charge on any atom is -0.491 e. The number of halogens is 1. The number of anilines is 2.